The molecule has 144 valence electrons. The zero-order valence-electron chi connectivity index (χ0n) is 15.1. The maximum atomic E-state index is 13.0. The molecule has 3 aromatic rings. The standard InChI is InChI=1S/C20H19FN4O3/c21-15-4-6-16(7-5-15)27-13-18(26)25-12-2-1-3-17(25)20-23-19(24-28-20)14-8-10-22-11-9-14/h4-11,17H,1-3,12-13H2/t17-/m1/s1. The summed E-state index contributed by atoms with van der Waals surface area (Å²) in [4.78, 5) is 22.9. The van der Waals surface area contributed by atoms with Crippen molar-refractivity contribution in [2.24, 2.45) is 0 Å². The SMILES string of the molecule is O=C(COc1ccc(F)cc1)N1CCCC[C@@H]1c1nc(-c2ccncc2)no1. The van der Waals surface area contributed by atoms with Gasteiger partial charge in [-0.3, -0.25) is 9.78 Å². The molecule has 0 bridgehead atoms. The number of pyridine rings is 1. The van der Waals surface area contributed by atoms with Crippen LogP contribution in [0.5, 0.6) is 5.75 Å². The number of rotatable bonds is 5. The van der Waals surface area contributed by atoms with Crippen molar-refractivity contribution < 1.29 is 18.4 Å². The second-order valence-corrected chi connectivity index (χ2v) is 6.53. The Labute approximate surface area is 161 Å². The smallest absolute Gasteiger partial charge is 0.261 e. The van der Waals surface area contributed by atoms with Gasteiger partial charge in [0.15, 0.2) is 6.61 Å². The van der Waals surface area contributed by atoms with Crippen LogP contribution in [0.1, 0.15) is 31.2 Å². The molecule has 1 fully saturated rings. The third-order valence-corrected chi connectivity index (χ3v) is 4.66. The van der Waals surface area contributed by atoms with Gasteiger partial charge in [0.2, 0.25) is 11.7 Å². The first-order valence-corrected chi connectivity index (χ1v) is 9.12. The Hall–Kier alpha value is -3.29. The molecule has 28 heavy (non-hydrogen) atoms. The van der Waals surface area contributed by atoms with Crippen molar-refractivity contribution in [3.05, 3.63) is 60.5 Å². The van der Waals surface area contributed by atoms with E-state index in [-0.39, 0.29) is 24.4 Å². The lowest BCUT2D eigenvalue weighted by atomic mass is 10.0. The minimum atomic E-state index is -0.351. The molecule has 2 aromatic heterocycles. The summed E-state index contributed by atoms with van der Waals surface area (Å²) in [6, 6.07) is 8.90. The normalized spacial score (nSPS) is 16.8. The predicted octanol–water partition coefficient (Wildman–Crippen LogP) is 3.40. The number of benzene rings is 1. The number of carbonyl (C=O) groups is 1. The van der Waals surface area contributed by atoms with Gasteiger partial charge in [-0.1, -0.05) is 5.16 Å². The fourth-order valence-electron chi connectivity index (χ4n) is 3.23. The van der Waals surface area contributed by atoms with Crippen LogP contribution in [0.3, 0.4) is 0 Å². The first-order chi connectivity index (χ1) is 13.7. The number of ether oxygens (including phenoxy) is 1. The Bertz CT molecular complexity index is 930. The van der Waals surface area contributed by atoms with E-state index < -0.39 is 0 Å². The molecule has 0 aliphatic carbocycles. The summed E-state index contributed by atoms with van der Waals surface area (Å²) in [5, 5.41) is 4.04. The van der Waals surface area contributed by atoms with Crippen LogP contribution in [0.2, 0.25) is 0 Å². The zero-order valence-corrected chi connectivity index (χ0v) is 15.1. The molecule has 1 aliphatic heterocycles. The Balaban J connectivity index is 1.46. The van der Waals surface area contributed by atoms with Gasteiger partial charge in [0.05, 0.1) is 0 Å². The molecular formula is C20H19FN4O3. The lowest BCUT2D eigenvalue weighted by molar-refractivity contribution is -0.138. The van der Waals surface area contributed by atoms with E-state index >= 15 is 0 Å². The van der Waals surface area contributed by atoms with Crippen LogP contribution < -0.4 is 4.74 Å². The fraction of sp³-hybridized carbons (Fsp3) is 0.300. The minimum Gasteiger partial charge on any atom is -0.484 e. The molecule has 1 aliphatic rings. The van der Waals surface area contributed by atoms with E-state index in [1.54, 1.807) is 29.4 Å². The topological polar surface area (TPSA) is 81.4 Å². The van der Waals surface area contributed by atoms with E-state index in [9.17, 15) is 9.18 Å². The Morgan fingerprint density at radius 2 is 1.96 bits per heavy atom. The summed E-state index contributed by atoms with van der Waals surface area (Å²) in [6.07, 6.45) is 5.95. The first-order valence-electron chi connectivity index (χ1n) is 9.12. The van der Waals surface area contributed by atoms with E-state index in [4.69, 9.17) is 9.26 Å². The highest BCUT2D eigenvalue weighted by atomic mass is 19.1. The number of hydrogen-bond acceptors (Lipinski definition) is 6. The van der Waals surface area contributed by atoms with Crippen LogP contribution in [-0.2, 0) is 4.79 Å². The Morgan fingerprint density at radius 1 is 1.18 bits per heavy atom. The third-order valence-electron chi connectivity index (χ3n) is 4.66. The molecule has 0 spiro atoms. The summed E-state index contributed by atoms with van der Waals surface area (Å²) in [5.41, 5.74) is 0.804. The van der Waals surface area contributed by atoms with Crippen LogP contribution in [0, 0.1) is 5.82 Å². The fourth-order valence-corrected chi connectivity index (χ4v) is 3.23. The van der Waals surface area contributed by atoms with Gasteiger partial charge < -0.3 is 14.2 Å². The number of aromatic nitrogens is 3. The molecule has 0 saturated carbocycles. The predicted molar refractivity (Wildman–Crippen MR) is 97.7 cm³/mol. The van der Waals surface area contributed by atoms with Gasteiger partial charge >= 0.3 is 0 Å². The summed E-state index contributed by atoms with van der Waals surface area (Å²) in [7, 11) is 0. The Kier molecular flexibility index (Phi) is 5.27. The molecule has 0 radical (unpaired) electrons. The van der Waals surface area contributed by atoms with Crippen molar-refractivity contribution in [3.63, 3.8) is 0 Å². The van der Waals surface area contributed by atoms with Crippen molar-refractivity contribution in [1.29, 1.82) is 0 Å². The van der Waals surface area contributed by atoms with Gasteiger partial charge in [-0.25, -0.2) is 4.39 Å². The number of amides is 1. The van der Waals surface area contributed by atoms with Crippen molar-refractivity contribution >= 4 is 5.91 Å². The van der Waals surface area contributed by atoms with Crippen LogP contribution in [0.25, 0.3) is 11.4 Å². The van der Waals surface area contributed by atoms with Gasteiger partial charge in [0, 0.05) is 24.5 Å². The first kappa shape index (κ1) is 18.1. The second-order valence-electron chi connectivity index (χ2n) is 6.53. The van der Waals surface area contributed by atoms with Crippen molar-refractivity contribution in [2.75, 3.05) is 13.2 Å². The van der Waals surface area contributed by atoms with Gasteiger partial charge in [-0.2, -0.15) is 4.98 Å². The molecule has 4 rings (SSSR count). The van der Waals surface area contributed by atoms with Crippen molar-refractivity contribution in [3.8, 4) is 17.1 Å². The molecule has 3 heterocycles. The molecule has 1 atom stereocenters. The van der Waals surface area contributed by atoms with E-state index in [2.05, 4.69) is 15.1 Å². The van der Waals surface area contributed by atoms with Crippen LogP contribution in [0.4, 0.5) is 4.39 Å². The highest BCUT2D eigenvalue weighted by Gasteiger charge is 2.32. The number of halogens is 1. The van der Waals surface area contributed by atoms with E-state index in [0.29, 0.717) is 24.0 Å². The molecule has 0 N–H and O–H groups in total. The lowest BCUT2D eigenvalue weighted by Crippen LogP contribution is -2.41. The number of piperidine rings is 1. The summed E-state index contributed by atoms with van der Waals surface area (Å²) in [6.45, 7) is 0.469. The molecular weight excluding hydrogens is 363 g/mol. The van der Waals surface area contributed by atoms with Crippen LogP contribution >= 0.6 is 0 Å². The van der Waals surface area contributed by atoms with Crippen molar-refractivity contribution in [2.45, 2.75) is 25.3 Å². The van der Waals surface area contributed by atoms with Gasteiger partial charge in [0.25, 0.3) is 5.91 Å². The number of hydrogen-bond donors (Lipinski definition) is 0. The number of likely N-dealkylation sites (tertiary alicyclic amines) is 1. The van der Waals surface area contributed by atoms with Crippen molar-refractivity contribution in [1.82, 2.24) is 20.0 Å². The quantitative estimate of drug-likeness (QED) is 0.673. The van der Waals surface area contributed by atoms with E-state index in [1.807, 2.05) is 0 Å². The maximum absolute atomic E-state index is 13.0. The minimum absolute atomic E-state index is 0.131. The third kappa shape index (κ3) is 4.00. The molecule has 0 unspecified atom stereocenters. The van der Waals surface area contributed by atoms with Crippen LogP contribution in [0.15, 0.2) is 53.3 Å². The lowest BCUT2D eigenvalue weighted by Gasteiger charge is -2.33. The molecule has 7 nitrogen and oxygen atoms in total. The molecule has 1 aromatic carbocycles. The molecule has 1 saturated heterocycles. The molecule has 1 amide bonds. The summed E-state index contributed by atoms with van der Waals surface area (Å²) < 4.78 is 23.9. The van der Waals surface area contributed by atoms with E-state index in [1.165, 1.54) is 24.3 Å². The zero-order chi connectivity index (χ0) is 19.3. The largest absolute Gasteiger partial charge is 0.484 e. The maximum Gasteiger partial charge on any atom is 0.261 e. The Morgan fingerprint density at radius 3 is 2.75 bits per heavy atom. The summed E-state index contributed by atoms with van der Waals surface area (Å²) in [5.74, 6) is 0.814. The molecule has 8 heteroatoms. The monoisotopic (exact) mass is 382 g/mol. The highest BCUT2D eigenvalue weighted by Crippen LogP contribution is 2.31. The second kappa shape index (κ2) is 8.16. The van der Waals surface area contributed by atoms with Gasteiger partial charge in [0.1, 0.15) is 17.6 Å². The summed E-state index contributed by atoms with van der Waals surface area (Å²) >= 11 is 0. The van der Waals surface area contributed by atoms with Gasteiger partial charge in [-0.15, -0.1) is 0 Å². The average molecular weight is 382 g/mol. The highest BCUT2D eigenvalue weighted by molar-refractivity contribution is 5.78. The number of carbonyl (C=O) groups excluding carboxylic acids is 1. The number of nitrogens with zero attached hydrogens (tertiary/aromatic N) is 4. The average Bonchev–Trinajstić information content (AvgIpc) is 3.24. The van der Waals surface area contributed by atoms with E-state index in [0.717, 1.165) is 24.8 Å². The van der Waals surface area contributed by atoms with Gasteiger partial charge in [-0.05, 0) is 55.7 Å². The van der Waals surface area contributed by atoms with Crippen LogP contribution in [-0.4, -0.2) is 39.1 Å².